The van der Waals surface area contributed by atoms with Crippen LogP contribution in [0.25, 0.3) is 5.57 Å². The molecule has 1 fully saturated rings. The van der Waals surface area contributed by atoms with Crippen LogP contribution in [-0.4, -0.2) is 55.0 Å². The van der Waals surface area contributed by atoms with Crippen LogP contribution in [0.4, 0.5) is 0 Å². The van der Waals surface area contributed by atoms with E-state index in [4.69, 9.17) is 5.73 Å². The van der Waals surface area contributed by atoms with Gasteiger partial charge in [0, 0.05) is 38.3 Å². The summed E-state index contributed by atoms with van der Waals surface area (Å²) in [5, 5.41) is 0. The number of amides is 1. The fourth-order valence-electron chi connectivity index (χ4n) is 4.17. The maximum absolute atomic E-state index is 11.9. The van der Waals surface area contributed by atoms with Crippen molar-refractivity contribution >= 4 is 11.5 Å². The Morgan fingerprint density at radius 3 is 2.44 bits per heavy atom. The molecule has 0 bridgehead atoms. The lowest BCUT2D eigenvalue weighted by molar-refractivity contribution is 0.1000. The molecular formula is C23H35N3O. The number of nitrogens with zero attached hydrogens (tertiary/aromatic N) is 2. The second-order valence-electron chi connectivity index (χ2n) is 8.87. The zero-order valence-corrected chi connectivity index (χ0v) is 17.3. The first-order valence-corrected chi connectivity index (χ1v) is 10.4. The van der Waals surface area contributed by atoms with Crippen molar-refractivity contribution in [3.8, 4) is 0 Å². The van der Waals surface area contributed by atoms with Gasteiger partial charge in [0.1, 0.15) is 0 Å². The highest BCUT2D eigenvalue weighted by atomic mass is 16.1. The Kier molecular flexibility index (Phi) is 6.38. The van der Waals surface area contributed by atoms with Crippen LogP contribution in [0.3, 0.4) is 0 Å². The van der Waals surface area contributed by atoms with Gasteiger partial charge in [0.2, 0.25) is 5.91 Å². The largest absolute Gasteiger partial charge is 0.366 e. The van der Waals surface area contributed by atoms with Gasteiger partial charge in [0.05, 0.1) is 0 Å². The second kappa shape index (κ2) is 8.57. The number of nitrogens with two attached hydrogens (primary N) is 1. The average molecular weight is 370 g/mol. The van der Waals surface area contributed by atoms with Crippen LogP contribution in [0.2, 0.25) is 0 Å². The lowest BCUT2D eigenvalue weighted by atomic mass is 9.76. The Morgan fingerprint density at radius 1 is 1.15 bits per heavy atom. The molecule has 0 aromatic heterocycles. The van der Waals surface area contributed by atoms with Crippen molar-refractivity contribution < 1.29 is 4.79 Å². The molecule has 2 aliphatic rings. The Balaban J connectivity index is 1.70. The number of benzene rings is 1. The van der Waals surface area contributed by atoms with Crippen LogP contribution >= 0.6 is 0 Å². The van der Waals surface area contributed by atoms with E-state index in [1.807, 2.05) is 6.07 Å². The zero-order chi connectivity index (χ0) is 19.4. The number of rotatable bonds is 6. The maximum Gasteiger partial charge on any atom is 0.249 e. The summed E-state index contributed by atoms with van der Waals surface area (Å²) in [4.78, 5) is 17.0. The molecule has 1 heterocycles. The molecule has 0 unspecified atom stereocenters. The highest BCUT2D eigenvalue weighted by Crippen LogP contribution is 2.39. The van der Waals surface area contributed by atoms with Gasteiger partial charge in [-0.15, -0.1) is 0 Å². The van der Waals surface area contributed by atoms with Crippen LogP contribution < -0.4 is 5.73 Å². The normalized spacial score (nSPS) is 21.1. The van der Waals surface area contributed by atoms with E-state index < -0.39 is 0 Å². The smallest absolute Gasteiger partial charge is 0.249 e. The highest BCUT2D eigenvalue weighted by Gasteiger charge is 2.24. The lowest BCUT2D eigenvalue weighted by Crippen LogP contribution is -2.46. The first-order chi connectivity index (χ1) is 12.9. The fourth-order valence-corrected chi connectivity index (χ4v) is 4.17. The van der Waals surface area contributed by atoms with Gasteiger partial charge in [-0.25, -0.2) is 0 Å². The quantitative estimate of drug-likeness (QED) is 0.834. The minimum atomic E-state index is -0.321. The van der Waals surface area contributed by atoms with Crippen LogP contribution in [0.5, 0.6) is 0 Å². The number of hydrogen-bond acceptors (Lipinski definition) is 3. The van der Waals surface area contributed by atoms with Gasteiger partial charge in [-0.3, -0.25) is 4.79 Å². The van der Waals surface area contributed by atoms with Crippen molar-refractivity contribution in [3.05, 3.63) is 41.0 Å². The second-order valence-corrected chi connectivity index (χ2v) is 8.87. The van der Waals surface area contributed by atoms with Crippen molar-refractivity contribution in [3.63, 3.8) is 0 Å². The van der Waals surface area contributed by atoms with Crippen molar-refractivity contribution in [1.82, 2.24) is 9.80 Å². The van der Waals surface area contributed by atoms with Gasteiger partial charge >= 0.3 is 0 Å². The van der Waals surface area contributed by atoms with Gasteiger partial charge in [-0.2, -0.15) is 0 Å². The molecule has 1 aliphatic carbocycles. The van der Waals surface area contributed by atoms with Gasteiger partial charge in [0.15, 0.2) is 0 Å². The van der Waals surface area contributed by atoms with Gasteiger partial charge in [-0.05, 0) is 60.4 Å². The molecule has 0 saturated carbocycles. The van der Waals surface area contributed by atoms with Crippen LogP contribution in [-0.2, 0) is 6.42 Å². The summed E-state index contributed by atoms with van der Waals surface area (Å²) in [5.41, 5.74) is 10.3. The minimum Gasteiger partial charge on any atom is -0.366 e. The predicted octanol–water partition coefficient (Wildman–Crippen LogP) is 3.56. The van der Waals surface area contributed by atoms with Crippen LogP contribution in [0.1, 0.15) is 61.5 Å². The molecule has 0 spiro atoms. The first kappa shape index (κ1) is 20.1. The van der Waals surface area contributed by atoms with Crippen LogP contribution in [0.15, 0.2) is 24.3 Å². The Labute approximate surface area is 164 Å². The van der Waals surface area contributed by atoms with Gasteiger partial charge in [-0.1, -0.05) is 39.0 Å². The molecule has 0 atom stereocenters. The standard InChI is InChI=1S/C23H35N3O/c1-4-25-13-15-26(16-14-25)12-9-18-5-6-20(22(24)27)21(17-18)19-7-10-23(2,3)11-8-19/h5-7,17H,4,8-16H2,1-3H3,(H2,24,27). The molecule has 0 radical (unpaired) electrons. The van der Waals surface area contributed by atoms with E-state index in [9.17, 15) is 4.79 Å². The number of carbonyl (C=O) groups is 1. The molecule has 1 saturated heterocycles. The van der Waals surface area contributed by atoms with Crippen LogP contribution in [0, 0.1) is 5.41 Å². The molecule has 4 heteroatoms. The van der Waals surface area contributed by atoms with E-state index in [1.54, 1.807) is 0 Å². The predicted molar refractivity (Wildman–Crippen MR) is 113 cm³/mol. The molecule has 2 N–H and O–H groups in total. The molecule has 1 amide bonds. The molecule has 1 aliphatic heterocycles. The zero-order valence-electron chi connectivity index (χ0n) is 17.3. The summed E-state index contributed by atoms with van der Waals surface area (Å²) in [7, 11) is 0. The summed E-state index contributed by atoms with van der Waals surface area (Å²) < 4.78 is 0. The Bertz CT molecular complexity index is 700. The topological polar surface area (TPSA) is 49.6 Å². The number of carbonyl (C=O) groups excluding carboxylic acids is 1. The molecular weight excluding hydrogens is 334 g/mol. The molecule has 27 heavy (non-hydrogen) atoms. The van der Waals surface area contributed by atoms with E-state index in [-0.39, 0.29) is 5.91 Å². The minimum absolute atomic E-state index is 0.321. The van der Waals surface area contributed by atoms with Crippen molar-refractivity contribution in [1.29, 1.82) is 0 Å². The summed E-state index contributed by atoms with van der Waals surface area (Å²) in [6.07, 6.45) is 6.58. The highest BCUT2D eigenvalue weighted by molar-refractivity contribution is 5.98. The summed E-state index contributed by atoms with van der Waals surface area (Å²) in [6.45, 7) is 13.7. The van der Waals surface area contributed by atoms with Crippen molar-refractivity contribution in [2.45, 2.75) is 46.5 Å². The third-order valence-corrected chi connectivity index (χ3v) is 6.30. The van der Waals surface area contributed by atoms with E-state index >= 15 is 0 Å². The molecule has 148 valence electrons. The first-order valence-electron chi connectivity index (χ1n) is 10.4. The number of piperazine rings is 1. The van der Waals surface area contributed by atoms with E-state index in [0.29, 0.717) is 11.0 Å². The molecule has 4 nitrogen and oxygen atoms in total. The summed E-state index contributed by atoms with van der Waals surface area (Å²) in [6, 6.07) is 6.23. The SMILES string of the molecule is CCN1CCN(CCc2ccc(C(N)=O)c(C3=CCC(C)(C)CC3)c2)CC1. The Hall–Kier alpha value is -1.65. The number of primary amides is 1. The van der Waals surface area contributed by atoms with E-state index in [1.165, 1.54) is 24.2 Å². The third-order valence-electron chi connectivity index (χ3n) is 6.30. The van der Waals surface area contributed by atoms with Gasteiger partial charge < -0.3 is 15.5 Å². The Morgan fingerprint density at radius 2 is 1.85 bits per heavy atom. The van der Waals surface area contributed by atoms with E-state index in [2.05, 4.69) is 48.8 Å². The van der Waals surface area contributed by atoms with E-state index in [0.717, 1.165) is 57.4 Å². The fraction of sp³-hybridized carbons (Fsp3) is 0.609. The lowest BCUT2D eigenvalue weighted by Gasteiger charge is -2.34. The third kappa shape index (κ3) is 5.20. The monoisotopic (exact) mass is 369 g/mol. The molecule has 3 rings (SSSR count). The number of hydrogen-bond donors (Lipinski definition) is 1. The van der Waals surface area contributed by atoms with Crippen molar-refractivity contribution in [2.75, 3.05) is 39.3 Å². The number of likely N-dealkylation sites (N-methyl/N-ethyl adjacent to an activating group) is 1. The average Bonchev–Trinajstić information content (AvgIpc) is 2.66. The molecule has 1 aromatic carbocycles. The van der Waals surface area contributed by atoms with Gasteiger partial charge in [0.25, 0.3) is 0 Å². The molecule has 1 aromatic rings. The number of allylic oxidation sites excluding steroid dienone is 2. The maximum atomic E-state index is 11.9. The van der Waals surface area contributed by atoms with Crippen molar-refractivity contribution in [2.24, 2.45) is 11.1 Å². The summed E-state index contributed by atoms with van der Waals surface area (Å²) in [5.74, 6) is -0.321. The summed E-state index contributed by atoms with van der Waals surface area (Å²) >= 11 is 0.